The van der Waals surface area contributed by atoms with Crippen molar-refractivity contribution < 1.29 is 9.72 Å². The molecule has 4 aliphatic carbocycles. The third-order valence-electron chi connectivity index (χ3n) is 6.45. The van der Waals surface area contributed by atoms with Gasteiger partial charge in [0.1, 0.15) is 0 Å². The van der Waals surface area contributed by atoms with Crippen molar-refractivity contribution in [2.75, 3.05) is 6.54 Å². The number of carbonyl (C=O) groups is 1. The normalized spacial score (nSPS) is 33.4. The standard InChI is InChI=1S/C19H24N2O3/c22-18(16-1-3-17(4-2-16)21(23)24)20-6-5-19-10-13-7-14(11-19)9-15(8-13)12-19/h1-4,13-15H,5-12H2,(H,20,22). The van der Waals surface area contributed by atoms with Crippen molar-refractivity contribution >= 4 is 11.6 Å². The molecule has 128 valence electrons. The molecule has 1 aromatic carbocycles. The summed E-state index contributed by atoms with van der Waals surface area (Å²) in [6, 6.07) is 5.82. The van der Waals surface area contributed by atoms with Crippen LogP contribution in [0.3, 0.4) is 0 Å². The maximum atomic E-state index is 12.2. The van der Waals surface area contributed by atoms with E-state index in [0.717, 1.165) is 24.2 Å². The van der Waals surface area contributed by atoms with E-state index in [1.807, 2.05) is 0 Å². The molecule has 4 bridgehead atoms. The van der Waals surface area contributed by atoms with Gasteiger partial charge in [0.2, 0.25) is 0 Å². The molecule has 0 atom stereocenters. The molecular weight excluding hydrogens is 304 g/mol. The maximum Gasteiger partial charge on any atom is 0.269 e. The van der Waals surface area contributed by atoms with Gasteiger partial charge in [-0.15, -0.1) is 0 Å². The quantitative estimate of drug-likeness (QED) is 0.657. The fourth-order valence-electron chi connectivity index (χ4n) is 5.87. The van der Waals surface area contributed by atoms with Gasteiger partial charge in [-0.1, -0.05) is 0 Å². The Labute approximate surface area is 142 Å². The van der Waals surface area contributed by atoms with Crippen molar-refractivity contribution in [3.05, 3.63) is 39.9 Å². The monoisotopic (exact) mass is 328 g/mol. The van der Waals surface area contributed by atoms with Crippen molar-refractivity contribution in [3.63, 3.8) is 0 Å². The highest BCUT2D eigenvalue weighted by Gasteiger charge is 2.50. The van der Waals surface area contributed by atoms with E-state index in [1.165, 1.54) is 62.8 Å². The Morgan fingerprint density at radius 3 is 2.12 bits per heavy atom. The lowest BCUT2D eigenvalue weighted by atomic mass is 9.49. The Kier molecular flexibility index (Phi) is 3.82. The minimum absolute atomic E-state index is 0.0140. The third-order valence-corrected chi connectivity index (χ3v) is 6.45. The Hall–Kier alpha value is -1.91. The van der Waals surface area contributed by atoms with E-state index in [1.54, 1.807) is 0 Å². The minimum atomic E-state index is -0.450. The Bertz CT molecular complexity index is 618. The van der Waals surface area contributed by atoms with Gasteiger partial charge in [0.25, 0.3) is 11.6 Å². The van der Waals surface area contributed by atoms with Crippen LogP contribution in [0.1, 0.15) is 55.3 Å². The predicted octanol–water partition coefficient (Wildman–Crippen LogP) is 3.93. The minimum Gasteiger partial charge on any atom is -0.352 e. The number of carbonyl (C=O) groups excluding carboxylic acids is 1. The number of nitro benzene ring substituents is 1. The molecule has 4 fully saturated rings. The van der Waals surface area contributed by atoms with Gasteiger partial charge in [-0.2, -0.15) is 0 Å². The Morgan fingerprint density at radius 1 is 1.08 bits per heavy atom. The lowest BCUT2D eigenvalue weighted by Crippen LogP contribution is -2.47. The summed E-state index contributed by atoms with van der Waals surface area (Å²) >= 11 is 0. The summed E-state index contributed by atoms with van der Waals surface area (Å²) in [6.07, 6.45) is 9.46. The number of rotatable bonds is 5. The summed E-state index contributed by atoms with van der Waals surface area (Å²) in [5.41, 5.74) is 0.976. The van der Waals surface area contributed by atoms with E-state index in [-0.39, 0.29) is 11.6 Å². The summed E-state index contributed by atoms with van der Waals surface area (Å²) in [5.74, 6) is 2.67. The largest absolute Gasteiger partial charge is 0.352 e. The molecule has 5 heteroatoms. The van der Waals surface area contributed by atoms with Gasteiger partial charge >= 0.3 is 0 Å². The Balaban J connectivity index is 1.32. The number of hydrogen-bond donors (Lipinski definition) is 1. The molecule has 0 saturated heterocycles. The van der Waals surface area contributed by atoms with Crippen molar-refractivity contribution in [3.8, 4) is 0 Å². The molecule has 24 heavy (non-hydrogen) atoms. The van der Waals surface area contributed by atoms with Crippen LogP contribution < -0.4 is 5.32 Å². The van der Waals surface area contributed by atoms with Crippen molar-refractivity contribution in [2.24, 2.45) is 23.2 Å². The zero-order valence-electron chi connectivity index (χ0n) is 13.9. The third kappa shape index (κ3) is 2.92. The number of nitro groups is 1. The number of non-ortho nitro benzene ring substituents is 1. The number of benzene rings is 1. The van der Waals surface area contributed by atoms with Crippen molar-refractivity contribution in [1.29, 1.82) is 0 Å². The van der Waals surface area contributed by atoms with Crippen LogP contribution in [0.25, 0.3) is 0 Å². The molecule has 4 aliphatic rings. The molecule has 1 amide bonds. The lowest BCUT2D eigenvalue weighted by molar-refractivity contribution is -0.384. The molecule has 0 aliphatic heterocycles. The van der Waals surface area contributed by atoms with Crippen LogP contribution in [0.4, 0.5) is 5.69 Å². The van der Waals surface area contributed by atoms with Crippen LogP contribution in [0.5, 0.6) is 0 Å². The highest BCUT2D eigenvalue weighted by atomic mass is 16.6. The Morgan fingerprint density at radius 2 is 1.62 bits per heavy atom. The fraction of sp³-hybridized carbons (Fsp3) is 0.632. The highest BCUT2D eigenvalue weighted by molar-refractivity contribution is 5.94. The SMILES string of the molecule is O=C(NCCC12CC3CC(CC(C3)C1)C2)c1ccc([N+](=O)[O-])cc1. The first-order valence-corrected chi connectivity index (χ1v) is 9.06. The summed E-state index contributed by atoms with van der Waals surface area (Å²) < 4.78 is 0. The van der Waals surface area contributed by atoms with E-state index in [4.69, 9.17) is 0 Å². The second-order valence-corrected chi connectivity index (χ2v) is 8.23. The average molecular weight is 328 g/mol. The first kappa shape index (κ1) is 15.6. The number of hydrogen-bond acceptors (Lipinski definition) is 3. The van der Waals surface area contributed by atoms with Crippen molar-refractivity contribution in [1.82, 2.24) is 5.32 Å². The number of nitrogens with zero attached hydrogens (tertiary/aromatic N) is 1. The average Bonchev–Trinajstić information content (AvgIpc) is 2.53. The molecule has 1 aromatic rings. The van der Waals surface area contributed by atoms with Gasteiger partial charge in [-0.3, -0.25) is 14.9 Å². The summed E-state index contributed by atoms with van der Waals surface area (Å²) in [7, 11) is 0. The lowest BCUT2D eigenvalue weighted by Gasteiger charge is -2.57. The molecular formula is C19H24N2O3. The summed E-state index contributed by atoms with van der Waals surface area (Å²) in [6.45, 7) is 0.710. The van der Waals surface area contributed by atoms with Gasteiger partial charge in [0.05, 0.1) is 4.92 Å². The topological polar surface area (TPSA) is 72.2 Å². The molecule has 0 spiro atoms. The molecule has 0 heterocycles. The fourth-order valence-corrected chi connectivity index (χ4v) is 5.87. The van der Waals surface area contributed by atoms with E-state index >= 15 is 0 Å². The van der Waals surface area contributed by atoms with E-state index < -0.39 is 4.92 Å². The second-order valence-electron chi connectivity index (χ2n) is 8.23. The first-order valence-electron chi connectivity index (χ1n) is 9.06. The molecule has 5 rings (SSSR count). The zero-order chi connectivity index (χ0) is 16.7. The van der Waals surface area contributed by atoms with E-state index in [2.05, 4.69) is 5.32 Å². The number of nitrogens with one attached hydrogen (secondary N) is 1. The molecule has 5 nitrogen and oxygen atoms in total. The molecule has 1 N–H and O–H groups in total. The smallest absolute Gasteiger partial charge is 0.269 e. The zero-order valence-corrected chi connectivity index (χ0v) is 13.9. The van der Waals surface area contributed by atoms with Gasteiger partial charge < -0.3 is 5.32 Å². The van der Waals surface area contributed by atoms with Crippen LogP contribution in [0.2, 0.25) is 0 Å². The van der Waals surface area contributed by atoms with Gasteiger partial charge in [-0.25, -0.2) is 0 Å². The van der Waals surface area contributed by atoms with Gasteiger partial charge in [-0.05, 0) is 80.2 Å². The molecule has 4 saturated carbocycles. The summed E-state index contributed by atoms with van der Waals surface area (Å²) in [5, 5.41) is 13.7. The number of amides is 1. The predicted molar refractivity (Wildman–Crippen MR) is 90.7 cm³/mol. The maximum absolute atomic E-state index is 12.2. The molecule has 0 radical (unpaired) electrons. The molecule has 0 aromatic heterocycles. The van der Waals surface area contributed by atoms with Crippen LogP contribution >= 0.6 is 0 Å². The van der Waals surface area contributed by atoms with Gasteiger partial charge in [0.15, 0.2) is 0 Å². The van der Waals surface area contributed by atoms with Crippen LogP contribution in [-0.2, 0) is 0 Å². The van der Waals surface area contributed by atoms with Crippen molar-refractivity contribution in [2.45, 2.75) is 44.9 Å². The summed E-state index contributed by atoms with van der Waals surface area (Å²) in [4.78, 5) is 22.4. The van der Waals surface area contributed by atoms with Gasteiger partial charge in [0, 0.05) is 24.2 Å². The van der Waals surface area contributed by atoms with E-state index in [0.29, 0.717) is 17.5 Å². The van der Waals surface area contributed by atoms with E-state index in [9.17, 15) is 14.9 Å². The van der Waals surface area contributed by atoms with Crippen LogP contribution in [-0.4, -0.2) is 17.4 Å². The second kappa shape index (κ2) is 5.87. The first-order chi connectivity index (χ1) is 11.5. The molecule has 0 unspecified atom stereocenters. The highest BCUT2D eigenvalue weighted by Crippen LogP contribution is 2.61. The van der Waals surface area contributed by atoms with Crippen LogP contribution in [0.15, 0.2) is 24.3 Å². The van der Waals surface area contributed by atoms with Crippen LogP contribution in [0, 0.1) is 33.3 Å².